The van der Waals surface area contributed by atoms with Crippen LogP contribution in [-0.2, 0) is 6.42 Å². The Morgan fingerprint density at radius 3 is 2.72 bits per heavy atom. The average molecular weight is 242 g/mol. The van der Waals surface area contributed by atoms with Crippen LogP contribution in [0.2, 0.25) is 0 Å². The highest BCUT2D eigenvalue weighted by atomic mass is 16.1. The second-order valence-electron chi connectivity index (χ2n) is 4.05. The molecule has 0 N–H and O–H groups in total. The van der Waals surface area contributed by atoms with Gasteiger partial charge in [-0.2, -0.15) is 5.10 Å². The third-order valence-electron chi connectivity index (χ3n) is 2.85. The quantitative estimate of drug-likeness (QED) is 0.773. The second-order valence-corrected chi connectivity index (χ2v) is 4.05. The van der Waals surface area contributed by atoms with Gasteiger partial charge < -0.3 is 0 Å². The highest BCUT2D eigenvalue weighted by molar-refractivity contribution is 5.71. The predicted molar refractivity (Wildman–Crippen MR) is 69.3 cm³/mol. The minimum absolute atomic E-state index is 0.0634. The molecule has 2 aromatic rings. The number of benzene rings is 1. The van der Waals surface area contributed by atoms with Crippen LogP contribution in [0.25, 0.3) is 5.69 Å². The van der Waals surface area contributed by atoms with Gasteiger partial charge in [-0.1, -0.05) is 25.1 Å². The predicted octanol–water partition coefficient (Wildman–Crippen LogP) is 1.92. The third kappa shape index (κ3) is 2.09. The smallest absolute Gasteiger partial charge is 0.211 e. The standard InChI is InChI=1S/C14H14N2O2/c1-3-11-6-4-5-7-13(11)16-10(2)8-14(18)12(9-17)15-16/h4-9H,3H2,1-2H3. The summed E-state index contributed by atoms with van der Waals surface area (Å²) < 4.78 is 1.64. The summed E-state index contributed by atoms with van der Waals surface area (Å²) in [5.41, 5.74) is 2.33. The van der Waals surface area contributed by atoms with Crippen LogP contribution in [0, 0.1) is 6.92 Å². The molecule has 0 amide bonds. The number of carbonyl (C=O) groups is 1. The van der Waals surface area contributed by atoms with E-state index in [0.717, 1.165) is 17.7 Å². The highest BCUT2D eigenvalue weighted by Gasteiger charge is 2.09. The van der Waals surface area contributed by atoms with Gasteiger partial charge >= 0.3 is 0 Å². The molecular formula is C14H14N2O2. The molecule has 0 atom stereocenters. The molecule has 1 aromatic carbocycles. The summed E-state index contributed by atoms with van der Waals surface area (Å²) in [5, 5.41) is 4.11. The lowest BCUT2D eigenvalue weighted by Crippen LogP contribution is -2.19. The van der Waals surface area contributed by atoms with E-state index in [2.05, 4.69) is 12.0 Å². The van der Waals surface area contributed by atoms with Gasteiger partial charge in [0.25, 0.3) is 0 Å². The molecular weight excluding hydrogens is 228 g/mol. The summed E-state index contributed by atoms with van der Waals surface area (Å²) >= 11 is 0. The monoisotopic (exact) mass is 242 g/mol. The molecule has 2 rings (SSSR count). The molecule has 0 aliphatic rings. The Kier molecular flexibility index (Phi) is 3.37. The SMILES string of the molecule is CCc1ccccc1-n1nc(C=O)c(=O)cc1C. The number of aromatic nitrogens is 2. The number of nitrogens with zero attached hydrogens (tertiary/aromatic N) is 2. The third-order valence-corrected chi connectivity index (χ3v) is 2.85. The maximum absolute atomic E-state index is 11.5. The van der Waals surface area contributed by atoms with Crippen molar-refractivity contribution in [2.75, 3.05) is 0 Å². The minimum Gasteiger partial charge on any atom is -0.296 e. The van der Waals surface area contributed by atoms with E-state index in [1.807, 2.05) is 24.3 Å². The summed E-state index contributed by atoms with van der Waals surface area (Å²) in [7, 11) is 0. The number of hydrogen-bond acceptors (Lipinski definition) is 3. The molecule has 0 aliphatic heterocycles. The van der Waals surface area contributed by atoms with Crippen LogP contribution in [-0.4, -0.2) is 16.1 Å². The van der Waals surface area contributed by atoms with Gasteiger partial charge in [-0.3, -0.25) is 9.59 Å². The largest absolute Gasteiger partial charge is 0.296 e. The van der Waals surface area contributed by atoms with Gasteiger partial charge in [0.2, 0.25) is 5.43 Å². The number of hydrogen-bond donors (Lipinski definition) is 0. The molecule has 18 heavy (non-hydrogen) atoms. The molecule has 0 bridgehead atoms. The van der Waals surface area contributed by atoms with E-state index in [4.69, 9.17) is 0 Å². The van der Waals surface area contributed by atoms with Gasteiger partial charge in [0.15, 0.2) is 12.0 Å². The zero-order valence-corrected chi connectivity index (χ0v) is 10.4. The van der Waals surface area contributed by atoms with Crippen LogP contribution in [0.1, 0.15) is 28.7 Å². The molecule has 0 saturated heterocycles. The summed E-state index contributed by atoms with van der Waals surface area (Å²) in [5.74, 6) is 0. The van der Waals surface area contributed by atoms with Crippen molar-refractivity contribution in [3.63, 3.8) is 0 Å². The maximum atomic E-state index is 11.5. The Labute approximate surface area is 105 Å². The van der Waals surface area contributed by atoms with Crippen LogP contribution < -0.4 is 5.43 Å². The lowest BCUT2D eigenvalue weighted by atomic mass is 10.1. The van der Waals surface area contributed by atoms with Crippen LogP contribution in [0.5, 0.6) is 0 Å². The summed E-state index contributed by atoms with van der Waals surface area (Å²) in [4.78, 5) is 22.3. The first-order valence-corrected chi connectivity index (χ1v) is 5.81. The first-order valence-electron chi connectivity index (χ1n) is 5.81. The fraction of sp³-hybridized carbons (Fsp3) is 0.214. The summed E-state index contributed by atoms with van der Waals surface area (Å²) in [6.45, 7) is 3.85. The fourth-order valence-electron chi connectivity index (χ4n) is 1.90. The van der Waals surface area contributed by atoms with E-state index in [0.29, 0.717) is 12.0 Å². The Hall–Kier alpha value is -2.23. The van der Waals surface area contributed by atoms with E-state index in [9.17, 15) is 9.59 Å². The molecule has 92 valence electrons. The van der Waals surface area contributed by atoms with Crippen molar-refractivity contribution in [2.24, 2.45) is 0 Å². The number of aldehydes is 1. The lowest BCUT2D eigenvalue weighted by molar-refractivity contribution is 0.111. The van der Waals surface area contributed by atoms with Crippen molar-refractivity contribution in [3.8, 4) is 5.69 Å². The topological polar surface area (TPSA) is 52.0 Å². The fourth-order valence-corrected chi connectivity index (χ4v) is 1.90. The second kappa shape index (κ2) is 4.96. The molecule has 1 heterocycles. The van der Waals surface area contributed by atoms with E-state index in [1.165, 1.54) is 6.07 Å². The molecule has 0 unspecified atom stereocenters. The number of aryl methyl sites for hydroxylation is 2. The van der Waals surface area contributed by atoms with Crippen molar-refractivity contribution < 1.29 is 4.79 Å². The Balaban J connectivity index is 2.71. The van der Waals surface area contributed by atoms with Crippen molar-refractivity contribution in [1.29, 1.82) is 0 Å². The zero-order chi connectivity index (χ0) is 13.1. The van der Waals surface area contributed by atoms with Crippen LogP contribution in [0.3, 0.4) is 0 Å². The van der Waals surface area contributed by atoms with E-state index >= 15 is 0 Å². The van der Waals surface area contributed by atoms with Crippen LogP contribution in [0.4, 0.5) is 0 Å². The van der Waals surface area contributed by atoms with E-state index in [-0.39, 0.29) is 11.1 Å². The normalized spacial score (nSPS) is 10.3. The lowest BCUT2D eigenvalue weighted by Gasteiger charge is -2.13. The van der Waals surface area contributed by atoms with Gasteiger partial charge in [0.1, 0.15) is 0 Å². The minimum atomic E-state index is -0.340. The molecule has 0 saturated carbocycles. The van der Waals surface area contributed by atoms with E-state index < -0.39 is 0 Å². The van der Waals surface area contributed by atoms with Crippen molar-refractivity contribution in [2.45, 2.75) is 20.3 Å². The Morgan fingerprint density at radius 1 is 1.33 bits per heavy atom. The van der Waals surface area contributed by atoms with Crippen LogP contribution in [0.15, 0.2) is 35.1 Å². The van der Waals surface area contributed by atoms with Gasteiger partial charge in [0, 0.05) is 11.8 Å². The molecule has 0 aliphatic carbocycles. The Morgan fingerprint density at radius 2 is 2.06 bits per heavy atom. The number of para-hydroxylation sites is 1. The van der Waals surface area contributed by atoms with Gasteiger partial charge in [-0.25, -0.2) is 4.68 Å². The first-order chi connectivity index (χ1) is 8.67. The van der Waals surface area contributed by atoms with Crippen molar-refractivity contribution >= 4 is 6.29 Å². The van der Waals surface area contributed by atoms with Crippen molar-refractivity contribution in [1.82, 2.24) is 9.78 Å². The van der Waals surface area contributed by atoms with E-state index in [1.54, 1.807) is 11.6 Å². The van der Waals surface area contributed by atoms with Gasteiger partial charge in [-0.05, 0) is 25.0 Å². The first kappa shape index (κ1) is 12.2. The van der Waals surface area contributed by atoms with Gasteiger partial charge in [-0.15, -0.1) is 0 Å². The summed E-state index contributed by atoms with van der Waals surface area (Å²) in [6.07, 6.45) is 1.35. The van der Waals surface area contributed by atoms with Crippen LogP contribution >= 0.6 is 0 Å². The molecule has 0 radical (unpaired) electrons. The molecule has 0 fully saturated rings. The highest BCUT2D eigenvalue weighted by Crippen LogP contribution is 2.15. The van der Waals surface area contributed by atoms with Crippen molar-refractivity contribution in [3.05, 3.63) is 57.5 Å². The number of carbonyl (C=O) groups excluding carboxylic acids is 1. The number of rotatable bonds is 3. The molecule has 4 nitrogen and oxygen atoms in total. The average Bonchev–Trinajstić information content (AvgIpc) is 2.39. The molecule has 4 heteroatoms. The molecule has 0 spiro atoms. The maximum Gasteiger partial charge on any atom is 0.211 e. The Bertz CT molecular complexity index is 644. The zero-order valence-electron chi connectivity index (χ0n) is 10.4. The summed E-state index contributed by atoms with van der Waals surface area (Å²) in [6, 6.07) is 9.24. The molecule has 1 aromatic heterocycles. The van der Waals surface area contributed by atoms with Gasteiger partial charge in [0.05, 0.1) is 5.69 Å².